The van der Waals surface area contributed by atoms with Crippen molar-refractivity contribution >= 4 is 33.9 Å². The molecular weight excluding hydrogens is 343 g/mol. The summed E-state index contributed by atoms with van der Waals surface area (Å²) in [7, 11) is 2.13. The van der Waals surface area contributed by atoms with Crippen molar-refractivity contribution in [3.8, 4) is 0 Å². The molecule has 1 heterocycles. The summed E-state index contributed by atoms with van der Waals surface area (Å²) in [6.07, 6.45) is 0. The van der Waals surface area contributed by atoms with Crippen molar-refractivity contribution in [1.82, 2.24) is 9.88 Å². The van der Waals surface area contributed by atoms with Gasteiger partial charge in [0.05, 0.1) is 10.7 Å². The zero-order valence-corrected chi connectivity index (χ0v) is 13.0. The van der Waals surface area contributed by atoms with E-state index in [4.69, 9.17) is 0 Å². The highest BCUT2D eigenvalue weighted by Crippen LogP contribution is 2.12. The summed E-state index contributed by atoms with van der Waals surface area (Å²) < 4.78 is 1.28. The van der Waals surface area contributed by atoms with Crippen LogP contribution >= 0.6 is 33.9 Å². The number of rotatable bonds is 4. The Bertz CT molecular complexity index is 478. The van der Waals surface area contributed by atoms with Gasteiger partial charge in [0.25, 0.3) is 0 Å². The van der Waals surface area contributed by atoms with Crippen LogP contribution in [0.3, 0.4) is 0 Å². The van der Waals surface area contributed by atoms with Crippen molar-refractivity contribution in [1.29, 1.82) is 0 Å². The van der Waals surface area contributed by atoms with Crippen LogP contribution in [0.2, 0.25) is 0 Å². The molecule has 0 radical (unpaired) electrons. The van der Waals surface area contributed by atoms with Crippen LogP contribution in [0.15, 0.2) is 29.6 Å². The van der Waals surface area contributed by atoms with Gasteiger partial charge in [-0.05, 0) is 54.3 Å². The molecule has 1 aromatic heterocycles. The molecule has 0 aliphatic rings. The second kappa shape index (κ2) is 5.93. The van der Waals surface area contributed by atoms with Gasteiger partial charge in [0.1, 0.15) is 0 Å². The summed E-state index contributed by atoms with van der Waals surface area (Å²) in [5, 5.41) is 3.28. The normalized spacial score (nSPS) is 11.1. The maximum absolute atomic E-state index is 4.48. The van der Waals surface area contributed by atoms with Gasteiger partial charge in [-0.25, -0.2) is 4.98 Å². The Morgan fingerprint density at radius 3 is 2.53 bits per heavy atom. The Balaban J connectivity index is 1.93. The topological polar surface area (TPSA) is 16.1 Å². The first-order valence-electron chi connectivity index (χ1n) is 5.47. The largest absolute Gasteiger partial charge is 0.296 e. The first kappa shape index (κ1) is 13.0. The number of halogens is 1. The van der Waals surface area contributed by atoms with Crippen LogP contribution < -0.4 is 0 Å². The van der Waals surface area contributed by atoms with E-state index in [2.05, 4.69) is 69.2 Å². The van der Waals surface area contributed by atoms with E-state index < -0.39 is 0 Å². The molecule has 0 amide bonds. The van der Waals surface area contributed by atoms with E-state index in [1.165, 1.54) is 14.8 Å². The first-order valence-corrected chi connectivity index (χ1v) is 7.43. The maximum Gasteiger partial charge on any atom is 0.0897 e. The summed E-state index contributed by atoms with van der Waals surface area (Å²) in [5.74, 6) is 0. The Morgan fingerprint density at radius 1 is 1.24 bits per heavy atom. The standard InChI is InChI=1S/C13H15IN2S/c1-10-15-13(9-17-10)8-16(2)7-11-3-5-12(14)6-4-11/h3-6,9H,7-8H2,1-2H3. The first-order chi connectivity index (χ1) is 8.13. The van der Waals surface area contributed by atoms with Gasteiger partial charge in [-0.15, -0.1) is 11.3 Å². The lowest BCUT2D eigenvalue weighted by Gasteiger charge is -2.15. The number of hydrogen-bond donors (Lipinski definition) is 0. The summed E-state index contributed by atoms with van der Waals surface area (Å²) >= 11 is 4.05. The predicted molar refractivity (Wildman–Crippen MR) is 81.2 cm³/mol. The molecule has 0 saturated heterocycles. The Labute approximate surface area is 120 Å². The van der Waals surface area contributed by atoms with Gasteiger partial charge in [-0.2, -0.15) is 0 Å². The highest BCUT2D eigenvalue weighted by atomic mass is 127. The minimum absolute atomic E-state index is 0.913. The SMILES string of the molecule is Cc1nc(CN(C)Cc2ccc(I)cc2)cs1. The molecule has 2 nitrogen and oxygen atoms in total. The number of hydrogen-bond acceptors (Lipinski definition) is 3. The zero-order chi connectivity index (χ0) is 12.3. The Hall–Kier alpha value is -0.460. The highest BCUT2D eigenvalue weighted by Gasteiger charge is 2.04. The zero-order valence-electron chi connectivity index (χ0n) is 9.98. The molecular formula is C13H15IN2S. The summed E-state index contributed by atoms with van der Waals surface area (Å²) in [6.45, 7) is 3.93. The fourth-order valence-electron chi connectivity index (χ4n) is 1.71. The fourth-order valence-corrected chi connectivity index (χ4v) is 2.68. The van der Waals surface area contributed by atoms with Crippen LogP contribution in [0.25, 0.3) is 0 Å². The average molecular weight is 358 g/mol. The summed E-state index contributed by atoms with van der Waals surface area (Å²) in [5.41, 5.74) is 2.51. The molecule has 0 bridgehead atoms. The minimum Gasteiger partial charge on any atom is -0.296 e. The molecule has 90 valence electrons. The summed E-state index contributed by atoms with van der Waals surface area (Å²) in [6, 6.07) is 8.67. The lowest BCUT2D eigenvalue weighted by atomic mass is 10.2. The Kier molecular flexibility index (Phi) is 4.53. The molecule has 0 aliphatic heterocycles. The molecule has 2 rings (SSSR count). The molecule has 2 aromatic rings. The van der Waals surface area contributed by atoms with E-state index >= 15 is 0 Å². The maximum atomic E-state index is 4.48. The van der Waals surface area contributed by atoms with E-state index in [9.17, 15) is 0 Å². The number of aromatic nitrogens is 1. The number of thiazole rings is 1. The monoisotopic (exact) mass is 358 g/mol. The third kappa shape index (κ3) is 4.04. The Morgan fingerprint density at radius 2 is 1.94 bits per heavy atom. The molecule has 0 unspecified atom stereocenters. The van der Waals surface area contributed by atoms with Crippen LogP contribution in [0.1, 0.15) is 16.3 Å². The molecule has 0 fully saturated rings. The van der Waals surface area contributed by atoms with Gasteiger partial charge in [0.2, 0.25) is 0 Å². The van der Waals surface area contributed by atoms with E-state index in [1.807, 2.05) is 6.92 Å². The lowest BCUT2D eigenvalue weighted by Crippen LogP contribution is -2.17. The average Bonchev–Trinajstić information content (AvgIpc) is 2.67. The minimum atomic E-state index is 0.913. The number of aryl methyl sites for hydroxylation is 1. The second-order valence-electron chi connectivity index (χ2n) is 4.16. The molecule has 0 aliphatic carbocycles. The van der Waals surface area contributed by atoms with E-state index in [0.29, 0.717) is 0 Å². The van der Waals surface area contributed by atoms with Gasteiger partial charge in [0.15, 0.2) is 0 Å². The molecule has 0 N–H and O–H groups in total. The van der Waals surface area contributed by atoms with Crippen molar-refractivity contribution in [3.05, 3.63) is 49.5 Å². The van der Waals surface area contributed by atoms with Gasteiger partial charge in [-0.3, -0.25) is 4.90 Å². The third-order valence-corrected chi connectivity index (χ3v) is 4.01. The molecule has 0 saturated carbocycles. The van der Waals surface area contributed by atoms with Crippen LogP contribution in [-0.2, 0) is 13.1 Å². The molecule has 4 heteroatoms. The predicted octanol–water partition coefficient (Wildman–Crippen LogP) is 3.69. The van der Waals surface area contributed by atoms with Crippen LogP contribution in [0, 0.1) is 10.5 Å². The van der Waals surface area contributed by atoms with E-state index in [1.54, 1.807) is 11.3 Å². The fraction of sp³-hybridized carbons (Fsp3) is 0.308. The second-order valence-corrected chi connectivity index (χ2v) is 6.46. The van der Waals surface area contributed by atoms with Crippen molar-refractivity contribution in [2.75, 3.05) is 7.05 Å². The molecule has 1 aromatic carbocycles. The van der Waals surface area contributed by atoms with Crippen molar-refractivity contribution in [2.45, 2.75) is 20.0 Å². The van der Waals surface area contributed by atoms with Gasteiger partial charge >= 0.3 is 0 Å². The van der Waals surface area contributed by atoms with Crippen LogP contribution in [0.5, 0.6) is 0 Å². The van der Waals surface area contributed by atoms with Crippen molar-refractivity contribution < 1.29 is 0 Å². The number of benzene rings is 1. The van der Waals surface area contributed by atoms with Crippen LogP contribution in [-0.4, -0.2) is 16.9 Å². The smallest absolute Gasteiger partial charge is 0.0897 e. The van der Waals surface area contributed by atoms with Gasteiger partial charge in [0, 0.05) is 22.0 Å². The molecule has 0 atom stereocenters. The van der Waals surface area contributed by atoms with Crippen LogP contribution in [0.4, 0.5) is 0 Å². The van der Waals surface area contributed by atoms with E-state index in [0.717, 1.165) is 18.1 Å². The lowest BCUT2D eigenvalue weighted by molar-refractivity contribution is 0.315. The third-order valence-electron chi connectivity index (χ3n) is 2.46. The molecule has 17 heavy (non-hydrogen) atoms. The van der Waals surface area contributed by atoms with Crippen molar-refractivity contribution in [2.24, 2.45) is 0 Å². The number of nitrogens with zero attached hydrogens (tertiary/aromatic N) is 2. The summed E-state index contributed by atoms with van der Waals surface area (Å²) in [4.78, 5) is 6.77. The molecule has 0 spiro atoms. The van der Waals surface area contributed by atoms with E-state index in [-0.39, 0.29) is 0 Å². The quantitative estimate of drug-likeness (QED) is 0.775. The van der Waals surface area contributed by atoms with Gasteiger partial charge in [-0.1, -0.05) is 12.1 Å². The van der Waals surface area contributed by atoms with Gasteiger partial charge < -0.3 is 0 Å². The highest BCUT2D eigenvalue weighted by molar-refractivity contribution is 14.1. The van der Waals surface area contributed by atoms with Crippen molar-refractivity contribution in [3.63, 3.8) is 0 Å².